The fourth-order valence-corrected chi connectivity index (χ4v) is 2.76. The summed E-state index contributed by atoms with van der Waals surface area (Å²) in [5, 5.41) is 3.51. The van der Waals surface area contributed by atoms with Gasteiger partial charge in [-0.3, -0.25) is 4.79 Å². The summed E-state index contributed by atoms with van der Waals surface area (Å²) in [6, 6.07) is 7.60. The Balaban J connectivity index is 2.17. The Morgan fingerprint density at radius 1 is 1.48 bits per heavy atom. The first-order valence-corrected chi connectivity index (χ1v) is 7.20. The molecule has 1 aromatic heterocycles. The predicted octanol–water partition coefficient (Wildman–Crippen LogP) is 2.05. The molecule has 6 nitrogen and oxygen atoms in total. The third-order valence-corrected chi connectivity index (χ3v) is 4.08. The number of hydrogen-bond donors (Lipinski definition) is 2. The van der Waals surface area contributed by atoms with Crippen LogP contribution >= 0.6 is 11.3 Å². The van der Waals surface area contributed by atoms with Gasteiger partial charge < -0.3 is 20.7 Å². The molecule has 0 radical (unpaired) electrons. The van der Waals surface area contributed by atoms with Crippen molar-refractivity contribution in [2.75, 3.05) is 32.3 Å². The Morgan fingerprint density at radius 2 is 2.19 bits per heavy atom. The highest BCUT2D eigenvalue weighted by Gasteiger charge is 2.20. The number of rotatable bonds is 5. The Kier molecular flexibility index (Phi) is 4.64. The smallest absolute Gasteiger partial charge is 0.267 e. The third-order valence-electron chi connectivity index (χ3n) is 3.01. The first-order valence-electron chi connectivity index (χ1n) is 6.38. The lowest BCUT2D eigenvalue weighted by Gasteiger charge is -2.18. The maximum Gasteiger partial charge on any atom is 0.267 e. The molecule has 2 rings (SSSR count). The lowest BCUT2D eigenvalue weighted by atomic mass is 10.2. The monoisotopic (exact) mass is 306 g/mol. The van der Waals surface area contributed by atoms with Crippen LogP contribution in [0.5, 0.6) is 5.75 Å². The molecule has 1 heterocycles. The number of ether oxygens (including phenoxy) is 1. The molecule has 0 unspecified atom stereocenters. The van der Waals surface area contributed by atoms with Gasteiger partial charge in [0.15, 0.2) is 5.13 Å². The molecule has 1 amide bonds. The number of nitrogens with two attached hydrogens (primary N) is 1. The van der Waals surface area contributed by atoms with Gasteiger partial charge in [-0.05, 0) is 6.07 Å². The van der Waals surface area contributed by atoms with Crippen LogP contribution in [-0.4, -0.2) is 37.0 Å². The standard InChI is InChI=1S/C14H18N4O2S/c1-16-14-17-12(15)11(21-14)13(19)18(2)8-9-6-4-5-7-10(9)20-3/h4-7H,8,15H2,1-3H3,(H,16,17). The molecule has 0 atom stereocenters. The van der Waals surface area contributed by atoms with Gasteiger partial charge in [-0.1, -0.05) is 29.5 Å². The minimum atomic E-state index is -0.155. The number of nitrogens with zero attached hydrogens (tertiary/aromatic N) is 2. The van der Waals surface area contributed by atoms with E-state index in [4.69, 9.17) is 10.5 Å². The fraction of sp³-hybridized carbons (Fsp3) is 0.286. The molecule has 0 saturated carbocycles. The van der Waals surface area contributed by atoms with Crippen molar-refractivity contribution in [2.24, 2.45) is 0 Å². The van der Waals surface area contributed by atoms with Crippen LogP contribution in [-0.2, 0) is 6.54 Å². The zero-order valence-electron chi connectivity index (χ0n) is 12.2. The first kappa shape index (κ1) is 15.1. The van der Waals surface area contributed by atoms with Crippen molar-refractivity contribution in [2.45, 2.75) is 6.54 Å². The highest BCUT2D eigenvalue weighted by molar-refractivity contribution is 7.18. The van der Waals surface area contributed by atoms with Gasteiger partial charge in [-0.15, -0.1) is 0 Å². The van der Waals surface area contributed by atoms with Crippen molar-refractivity contribution in [1.29, 1.82) is 0 Å². The van der Waals surface area contributed by atoms with E-state index >= 15 is 0 Å². The Morgan fingerprint density at radius 3 is 2.81 bits per heavy atom. The van der Waals surface area contributed by atoms with Crippen molar-refractivity contribution in [3.05, 3.63) is 34.7 Å². The van der Waals surface area contributed by atoms with Crippen molar-refractivity contribution in [3.63, 3.8) is 0 Å². The Bertz CT molecular complexity index is 642. The minimum absolute atomic E-state index is 0.155. The second-order valence-corrected chi connectivity index (χ2v) is 5.46. The van der Waals surface area contributed by atoms with E-state index in [9.17, 15) is 4.79 Å². The summed E-state index contributed by atoms with van der Waals surface area (Å²) in [4.78, 5) is 18.6. The van der Waals surface area contributed by atoms with Gasteiger partial charge in [-0.2, -0.15) is 0 Å². The van der Waals surface area contributed by atoms with Gasteiger partial charge >= 0.3 is 0 Å². The lowest BCUT2D eigenvalue weighted by molar-refractivity contribution is 0.0790. The molecular weight excluding hydrogens is 288 g/mol. The number of benzene rings is 1. The van der Waals surface area contributed by atoms with Gasteiger partial charge in [-0.25, -0.2) is 4.98 Å². The van der Waals surface area contributed by atoms with Crippen molar-refractivity contribution < 1.29 is 9.53 Å². The summed E-state index contributed by atoms with van der Waals surface area (Å²) in [6.45, 7) is 0.440. The van der Waals surface area contributed by atoms with Crippen LogP contribution in [0, 0.1) is 0 Å². The number of para-hydroxylation sites is 1. The molecule has 7 heteroatoms. The average Bonchev–Trinajstić information content (AvgIpc) is 2.88. The summed E-state index contributed by atoms with van der Waals surface area (Å²) < 4.78 is 5.29. The van der Waals surface area contributed by atoms with E-state index in [0.29, 0.717) is 16.6 Å². The van der Waals surface area contributed by atoms with Crippen LogP contribution < -0.4 is 15.8 Å². The zero-order chi connectivity index (χ0) is 15.4. The number of nitrogen functional groups attached to an aromatic ring is 1. The second-order valence-electron chi connectivity index (χ2n) is 4.46. The highest BCUT2D eigenvalue weighted by atomic mass is 32.1. The molecule has 2 aromatic rings. The van der Waals surface area contributed by atoms with Gasteiger partial charge in [0, 0.05) is 26.2 Å². The first-order chi connectivity index (χ1) is 10.1. The zero-order valence-corrected chi connectivity index (χ0v) is 13.0. The number of amides is 1. The number of aromatic nitrogens is 1. The number of carbonyl (C=O) groups excluding carboxylic acids is 1. The van der Waals surface area contributed by atoms with Gasteiger partial charge in [0.2, 0.25) is 0 Å². The highest BCUT2D eigenvalue weighted by Crippen LogP contribution is 2.27. The Labute approximate surface area is 127 Å². The number of thiazole rings is 1. The fourth-order valence-electron chi connectivity index (χ4n) is 1.93. The number of carbonyl (C=O) groups is 1. The van der Waals surface area contributed by atoms with Crippen LogP contribution in [0.2, 0.25) is 0 Å². The van der Waals surface area contributed by atoms with Gasteiger partial charge in [0.05, 0.1) is 7.11 Å². The summed E-state index contributed by atoms with van der Waals surface area (Å²) in [5.41, 5.74) is 6.73. The lowest BCUT2D eigenvalue weighted by Crippen LogP contribution is -2.26. The van der Waals surface area contributed by atoms with Crippen LogP contribution in [0.4, 0.5) is 10.9 Å². The number of nitrogens with one attached hydrogen (secondary N) is 1. The van der Waals surface area contributed by atoms with Crippen molar-refractivity contribution in [1.82, 2.24) is 9.88 Å². The summed E-state index contributed by atoms with van der Waals surface area (Å²) in [5.74, 6) is 0.851. The van der Waals surface area contributed by atoms with E-state index in [0.717, 1.165) is 11.3 Å². The molecule has 0 aliphatic rings. The molecule has 0 spiro atoms. The molecule has 21 heavy (non-hydrogen) atoms. The van der Waals surface area contributed by atoms with Crippen LogP contribution in [0.3, 0.4) is 0 Å². The molecule has 0 fully saturated rings. The molecule has 112 valence electrons. The van der Waals surface area contributed by atoms with E-state index in [-0.39, 0.29) is 11.7 Å². The van der Waals surface area contributed by atoms with Crippen molar-refractivity contribution in [3.8, 4) is 5.75 Å². The third kappa shape index (κ3) is 3.25. The maximum atomic E-state index is 12.4. The van der Waals surface area contributed by atoms with E-state index in [2.05, 4.69) is 10.3 Å². The van der Waals surface area contributed by atoms with Gasteiger partial charge in [0.1, 0.15) is 16.4 Å². The predicted molar refractivity (Wildman–Crippen MR) is 84.9 cm³/mol. The Hall–Kier alpha value is -2.28. The minimum Gasteiger partial charge on any atom is -0.496 e. The SMILES string of the molecule is CNc1nc(N)c(C(=O)N(C)Cc2ccccc2OC)s1. The second kappa shape index (κ2) is 6.45. The summed E-state index contributed by atoms with van der Waals surface area (Å²) in [7, 11) is 5.08. The van der Waals surface area contributed by atoms with Crippen LogP contribution in [0.1, 0.15) is 15.2 Å². The summed E-state index contributed by atoms with van der Waals surface area (Å²) >= 11 is 1.25. The molecule has 1 aromatic carbocycles. The molecule has 3 N–H and O–H groups in total. The molecule has 0 aliphatic carbocycles. The topological polar surface area (TPSA) is 80.5 Å². The largest absolute Gasteiger partial charge is 0.496 e. The molecule has 0 saturated heterocycles. The molecule has 0 aliphatic heterocycles. The maximum absolute atomic E-state index is 12.4. The van der Waals surface area contributed by atoms with E-state index in [1.165, 1.54) is 11.3 Å². The number of hydrogen-bond acceptors (Lipinski definition) is 6. The van der Waals surface area contributed by atoms with Gasteiger partial charge in [0.25, 0.3) is 5.91 Å². The number of anilines is 2. The van der Waals surface area contributed by atoms with E-state index in [1.807, 2.05) is 24.3 Å². The van der Waals surface area contributed by atoms with E-state index in [1.54, 1.807) is 26.1 Å². The van der Waals surface area contributed by atoms with Crippen molar-refractivity contribution >= 4 is 28.2 Å². The molecular formula is C14H18N4O2S. The van der Waals surface area contributed by atoms with E-state index < -0.39 is 0 Å². The summed E-state index contributed by atoms with van der Waals surface area (Å²) in [6.07, 6.45) is 0. The normalized spacial score (nSPS) is 10.2. The number of methoxy groups -OCH3 is 1. The average molecular weight is 306 g/mol. The quantitative estimate of drug-likeness (QED) is 0.883. The van der Waals surface area contributed by atoms with Crippen LogP contribution in [0.25, 0.3) is 0 Å². The molecule has 0 bridgehead atoms. The van der Waals surface area contributed by atoms with Crippen LogP contribution in [0.15, 0.2) is 24.3 Å².